The maximum absolute atomic E-state index is 11.6. The molecule has 0 saturated carbocycles. The van der Waals surface area contributed by atoms with Gasteiger partial charge in [0.15, 0.2) is 0 Å². The monoisotopic (exact) mass is 276 g/mol. The average molecular weight is 276 g/mol. The molecule has 20 heavy (non-hydrogen) atoms. The Morgan fingerprint density at radius 2 is 2.15 bits per heavy atom. The van der Waals surface area contributed by atoms with Gasteiger partial charge in [0.2, 0.25) is 0 Å². The van der Waals surface area contributed by atoms with E-state index in [-0.39, 0.29) is 12.2 Å². The number of likely N-dealkylation sites (N-methyl/N-ethyl adjacent to an activating group) is 1. The predicted octanol–water partition coefficient (Wildman–Crippen LogP) is 3.02. The van der Waals surface area contributed by atoms with E-state index in [1.165, 1.54) is 4.90 Å². The van der Waals surface area contributed by atoms with Crippen molar-refractivity contribution in [2.24, 2.45) is 0 Å². The Balaban J connectivity index is 1.87. The van der Waals surface area contributed by atoms with E-state index in [2.05, 4.69) is 4.98 Å². The van der Waals surface area contributed by atoms with Gasteiger partial charge in [-0.1, -0.05) is 6.07 Å². The summed E-state index contributed by atoms with van der Waals surface area (Å²) in [6.07, 6.45) is 1.44. The van der Waals surface area contributed by atoms with Gasteiger partial charge in [0.25, 0.3) is 0 Å². The third-order valence-electron chi connectivity index (χ3n) is 2.89. The van der Waals surface area contributed by atoms with Crippen LogP contribution >= 0.6 is 0 Å². The van der Waals surface area contributed by atoms with Gasteiger partial charge < -0.3 is 19.4 Å². The van der Waals surface area contributed by atoms with Crippen molar-refractivity contribution in [3.05, 3.63) is 30.5 Å². The van der Waals surface area contributed by atoms with Gasteiger partial charge in [-0.15, -0.1) is 0 Å². The predicted molar refractivity (Wildman–Crippen MR) is 78.0 cm³/mol. The minimum Gasteiger partial charge on any atom is -0.491 e. The minimum atomic E-state index is -0.330. The number of hydrogen-bond donors (Lipinski definition) is 1. The molecule has 1 amide bonds. The molecule has 0 spiro atoms. The molecule has 0 atom stereocenters. The van der Waals surface area contributed by atoms with E-state index >= 15 is 0 Å². The lowest BCUT2D eigenvalue weighted by atomic mass is 10.2. The second-order valence-corrected chi connectivity index (χ2v) is 4.90. The lowest BCUT2D eigenvalue weighted by Crippen LogP contribution is -2.32. The zero-order chi connectivity index (χ0) is 14.5. The van der Waals surface area contributed by atoms with Gasteiger partial charge >= 0.3 is 6.09 Å². The van der Waals surface area contributed by atoms with Crippen molar-refractivity contribution in [3.63, 3.8) is 0 Å². The van der Waals surface area contributed by atoms with Gasteiger partial charge in [-0.05, 0) is 32.0 Å². The SMILES string of the molecule is CC(C)OC(=O)N(C)CCOc1cccc2[nH]ccc12. The Morgan fingerprint density at radius 1 is 1.35 bits per heavy atom. The number of rotatable bonds is 5. The van der Waals surface area contributed by atoms with Crippen molar-refractivity contribution < 1.29 is 14.3 Å². The third kappa shape index (κ3) is 3.44. The first-order valence-corrected chi connectivity index (χ1v) is 6.68. The molecule has 1 aromatic heterocycles. The number of benzene rings is 1. The number of carbonyl (C=O) groups excluding carboxylic acids is 1. The van der Waals surface area contributed by atoms with Gasteiger partial charge in [-0.25, -0.2) is 4.79 Å². The van der Waals surface area contributed by atoms with Crippen LogP contribution in [0.15, 0.2) is 30.5 Å². The van der Waals surface area contributed by atoms with Crippen molar-refractivity contribution in [2.45, 2.75) is 20.0 Å². The van der Waals surface area contributed by atoms with Gasteiger partial charge in [0.05, 0.1) is 12.6 Å². The van der Waals surface area contributed by atoms with Crippen LogP contribution in [-0.4, -0.2) is 42.3 Å². The van der Waals surface area contributed by atoms with Gasteiger partial charge in [-0.3, -0.25) is 0 Å². The molecule has 1 N–H and O–H groups in total. The van der Waals surface area contributed by atoms with E-state index < -0.39 is 0 Å². The highest BCUT2D eigenvalue weighted by molar-refractivity contribution is 5.85. The van der Waals surface area contributed by atoms with Crippen molar-refractivity contribution in [2.75, 3.05) is 20.2 Å². The smallest absolute Gasteiger partial charge is 0.409 e. The Morgan fingerprint density at radius 3 is 2.90 bits per heavy atom. The number of carbonyl (C=O) groups is 1. The summed E-state index contributed by atoms with van der Waals surface area (Å²) in [6.45, 7) is 4.56. The molecule has 5 nitrogen and oxygen atoms in total. The standard InChI is InChI=1S/C15H20N2O3/c1-11(2)20-15(18)17(3)9-10-19-14-6-4-5-13-12(14)7-8-16-13/h4-8,11,16H,9-10H2,1-3H3. The van der Waals surface area contributed by atoms with Crippen LogP contribution in [0.25, 0.3) is 10.9 Å². The molecule has 108 valence electrons. The number of nitrogens with zero attached hydrogens (tertiary/aromatic N) is 1. The van der Waals surface area contributed by atoms with Crippen molar-refractivity contribution in [3.8, 4) is 5.75 Å². The van der Waals surface area contributed by atoms with E-state index in [1.54, 1.807) is 7.05 Å². The van der Waals surface area contributed by atoms with Crippen LogP contribution in [0.1, 0.15) is 13.8 Å². The van der Waals surface area contributed by atoms with E-state index in [1.807, 2.05) is 44.3 Å². The molecule has 0 saturated heterocycles. The summed E-state index contributed by atoms with van der Waals surface area (Å²) >= 11 is 0. The van der Waals surface area contributed by atoms with Gasteiger partial charge in [0, 0.05) is 24.1 Å². The number of amides is 1. The maximum atomic E-state index is 11.6. The summed E-state index contributed by atoms with van der Waals surface area (Å²) in [7, 11) is 1.70. The van der Waals surface area contributed by atoms with E-state index in [0.29, 0.717) is 13.2 Å². The molecule has 0 aliphatic rings. The Kier molecular flexibility index (Phi) is 4.50. The maximum Gasteiger partial charge on any atom is 0.409 e. The molecule has 1 heterocycles. The molecular weight excluding hydrogens is 256 g/mol. The summed E-state index contributed by atoms with van der Waals surface area (Å²) < 4.78 is 10.8. The summed E-state index contributed by atoms with van der Waals surface area (Å²) in [5, 5.41) is 1.04. The summed E-state index contributed by atoms with van der Waals surface area (Å²) in [5.41, 5.74) is 1.04. The van der Waals surface area contributed by atoms with Crippen LogP contribution in [0.4, 0.5) is 4.79 Å². The topological polar surface area (TPSA) is 54.6 Å². The molecule has 0 aliphatic heterocycles. The molecule has 0 unspecified atom stereocenters. The van der Waals surface area contributed by atoms with Crippen molar-refractivity contribution >= 4 is 17.0 Å². The molecule has 1 aromatic carbocycles. The number of aromatic amines is 1. The summed E-state index contributed by atoms with van der Waals surface area (Å²) in [5.74, 6) is 0.814. The van der Waals surface area contributed by atoms with Crippen LogP contribution in [0.2, 0.25) is 0 Å². The third-order valence-corrected chi connectivity index (χ3v) is 2.89. The van der Waals surface area contributed by atoms with E-state index in [0.717, 1.165) is 16.7 Å². The number of hydrogen-bond acceptors (Lipinski definition) is 3. The molecule has 0 fully saturated rings. The fourth-order valence-electron chi connectivity index (χ4n) is 1.86. The molecule has 2 aromatic rings. The minimum absolute atomic E-state index is 0.112. The first-order valence-electron chi connectivity index (χ1n) is 6.68. The Hall–Kier alpha value is -2.17. The van der Waals surface area contributed by atoms with Gasteiger partial charge in [0.1, 0.15) is 12.4 Å². The largest absolute Gasteiger partial charge is 0.491 e. The second-order valence-electron chi connectivity index (χ2n) is 4.90. The van der Waals surface area contributed by atoms with Gasteiger partial charge in [-0.2, -0.15) is 0 Å². The van der Waals surface area contributed by atoms with Crippen LogP contribution in [0.5, 0.6) is 5.75 Å². The Bertz CT molecular complexity index is 577. The molecule has 5 heteroatoms. The number of fused-ring (bicyclic) bond motifs is 1. The van der Waals surface area contributed by atoms with Crippen molar-refractivity contribution in [1.29, 1.82) is 0 Å². The van der Waals surface area contributed by atoms with E-state index in [4.69, 9.17) is 9.47 Å². The number of ether oxygens (including phenoxy) is 2. The zero-order valence-corrected chi connectivity index (χ0v) is 12.1. The summed E-state index contributed by atoms with van der Waals surface area (Å²) in [6, 6.07) is 7.82. The first kappa shape index (κ1) is 14.2. The van der Waals surface area contributed by atoms with E-state index in [9.17, 15) is 4.79 Å². The van der Waals surface area contributed by atoms with Crippen molar-refractivity contribution in [1.82, 2.24) is 9.88 Å². The molecule has 0 aliphatic carbocycles. The highest BCUT2D eigenvalue weighted by atomic mass is 16.6. The molecule has 0 bridgehead atoms. The number of nitrogens with one attached hydrogen (secondary N) is 1. The normalized spacial score (nSPS) is 10.8. The van der Waals surface area contributed by atoms with Crippen LogP contribution in [0.3, 0.4) is 0 Å². The fourth-order valence-corrected chi connectivity index (χ4v) is 1.86. The second kappa shape index (κ2) is 6.32. The Labute approximate surface area is 118 Å². The van der Waals surface area contributed by atoms with Crippen LogP contribution in [0, 0.1) is 0 Å². The average Bonchev–Trinajstić information content (AvgIpc) is 2.86. The molecule has 2 rings (SSSR count). The quantitative estimate of drug-likeness (QED) is 0.913. The lowest BCUT2D eigenvalue weighted by Gasteiger charge is -2.18. The number of H-pyrrole nitrogens is 1. The van der Waals surface area contributed by atoms with Crippen LogP contribution in [-0.2, 0) is 4.74 Å². The first-order chi connectivity index (χ1) is 9.58. The highest BCUT2D eigenvalue weighted by Gasteiger charge is 2.11. The molecular formula is C15H20N2O3. The highest BCUT2D eigenvalue weighted by Crippen LogP contribution is 2.24. The lowest BCUT2D eigenvalue weighted by molar-refractivity contribution is 0.0801. The zero-order valence-electron chi connectivity index (χ0n) is 12.1. The fraction of sp³-hybridized carbons (Fsp3) is 0.400. The molecule has 0 radical (unpaired) electrons. The number of aromatic nitrogens is 1. The summed E-state index contributed by atoms with van der Waals surface area (Å²) in [4.78, 5) is 16.3. The van der Waals surface area contributed by atoms with Crippen LogP contribution < -0.4 is 4.74 Å².